The second-order valence-corrected chi connectivity index (χ2v) is 14.7. The van der Waals surface area contributed by atoms with Gasteiger partial charge in [-0.25, -0.2) is 16.8 Å². The molecule has 4 rings (SSSR count). The molecule has 10 nitrogen and oxygen atoms in total. The van der Waals surface area contributed by atoms with E-state index >= 15 is 0 Å². The number of amides is 1. The number of likely N-dealkylation sites (N-methyl/N-ethyl adjacent to an activating group) is 1. The van der Waals surface area contributed by atoms with E-state index in [9.17, 15) is 21.6 Å². The summed E-state index contributed by atoms with van der Waals surface area (Å²) < 4.78 is 53.6. The molecule has 1 amide bonds. The SMILES string of the molecule is CNCCNCc1ccc(N(C)S(C)(=O)=O)c(C(=O)Nc2ccc(S(=O)(=O)N3CCC(C4CCC4)CC3)cc2)c1. The maximum absolute atomic E-state index is 13.3. The van der Waals surface area contributed by atoms with E-state index in [2.05, 4.69) is 16.0 Å². The highest BCUT2D eigenvalue weighted by molar-refractivity contribution is 7.92. The van der Waals surface area contributed by atoms with E-state index in [0.29, 0.717) is 31.2 Å². The fourth-order valence-electron chi connectivity index (χ4n) is 5.33. The van der Waals surface area contributed by atoms with Gasteiger partial charge in [-0.3, -0.25) is 9.10 Å². The molecule has 0 spiro atoms. The van der Waals surface area contributed by atoms with Crippen LogP contribution in [-0.2, 0) is 26.6 Å². The van der Waals surface area contributed by atoms with Crippen molar-refractivity contribution in [3.63, 3.8) is 0 Å². The van der Waals surface area contributed by atoms with Gasteiger partial charge < -0.3 is 16.0 Å². The van der Waals surface area contributed by atoms with Crippen LogP contribution in [0.15, 0.2) is 47.4 Å². The molecular formula is C28H41N5O5S2. The Hall–Kier alpha value is -2.51. The Morgan fingerprint density at radius 2 is 1.60 bits per heavy atom. The van der Waals surface area contributed by atoms with Crippen molar-refractivity contribution in [1.29, 1.82) is 0 Å². The molecule has 12 heteroatoms. The van der Waals surface area contributed by atoms with E-state index in [1.165, 1.54) is 38.4 Å². The van der Waals surface area contributed by atoms with Crippen LogP contribution in [0.5, 0.6) is 0 Å². The number of rotatable bonds is 12. The number of hydrogen-bond acceptors (Lipinski definition) is 7. The highest BCUT2D eigenvalue weighted by Crippen LogP contribution is 2.39. The van der Waals surface area contributed by atoms with E-state index < -0.39 is 26.0 Å². The molecule has 1 aliphatic carbocycles. The van der Waals surface area contributed by atoms with Crippen LogP contribution in [0, 0.1) is 11.8 Å². The Morgan fingerprint density at radius 1 is 0.950 bits per heavy atom. The van der Waals surface area contributed by atoms with Gasteiger partial charge in [-0.1, -0.05) is 25.3 Å². The summed E-state index contributed by atoms with van der Waals surface area (Å²) in [4.78, 5) is 13.5. The molecule has 0 unspecified atom stereocenters. The number of sulfonamides is 2. The van der Waals surface area contributed by atoms with Crippen LogP contribution < -0.4 is 20.3 Å². The van der Waals surface area contributed by atoms with Crippen LogP contribution in [0.25, 0.3) is 0 Å². The molecule has 2 aromatic rings. The van der Waals surface area contributed by atoms with Gasteiger partial charge in [-0.05, 0) is 73.7 Å². The minimum absolute atomic E-state index is 0.194. The Balaban J connectivity index is 1.47. The number of nitrogens with zero attached hydrogens (tertiary/aromatic N) is 2. The van der Waals surface area contributed by atoms with E-state index in [4.69, 9.17) is 0 Å². The fourth-order valence-corrected chi connectivity index (χ4v) is 7.32. The lowest BCUT2D eigenvalue weighted by atomic mass is 9.72. The predicted octanol–water partition coefficient (Wildman–Crippen LogP) is 2.84. The molecule has 1 aliphatic heterocycles. The topological polar surface area (TPSA) is 128 Å². The van der Waals surface area contributed by atoms with Gasteiger partial charge in [0.2, 0.25) is 20.0 Å². The molecule has 1 saturated carbocycles. The second kappa shape index (κ2) is 13.0. The molecule has 0 aromatic heterocycles. The zero-order chi connectivity index (χ0) is 28.9. The summed E-state index contributed by atoms with van der Waals surface area (Å²) in [6.07, 6.45) is 6.74. The molecule has 1 saturated heterocycles. The van der Waals surface area contributed by atoms with Crippen molar-refractivity contribution in [3.8, 4) is 0 Å². The van der Waals surface area contributed by atoms with E-state index in [-0.39, 0.29) is 16.1 Å². The van der Waals surface area contributed by atoms with Crippen molar-refractivity contribution >= 4 is 37.3 Å². The summed E-state index contributed by atoms with van der Waals surface area (Å²) in [5, 5.41) is 9.12. The van der Waals surface area contributed by atoms with Crippen molar-refractivity contribution in [1.82, 2.24) is 14.9 Å². The third kappa shape index (κ3) is 7.22. The number of carbonyl (C=O) groups is 1. The number of carbonyl (C=O) groups excluding carboxylic acids is 1. The van der Waals surface area contributed by atoms with Gasteiger partial charge in [0.25, 0.3) is 5.91 Å². The summed E-state index contributed by atoms with van der Waals surface area (Å²) in [6.45, 7) is 3.11. The second-order valence-electron chi connectivity index (χ2n) is 10.8. The molecule has 2 fully saturated rings. The van der Waals surface area contributed by atoms with Gasteiger partial charge in [0, 0.05) is 45.5 Å². The maximum atomic E-state index is 13.3. The highest BCUT2D eigenvalue weighted by atomic mass is 32.2. The quantitative estimate of drug-likeness (QED) is 0.324. The van der Waals surface area contributed by atoms with Crippen molar-refractivity contribution in [2.75, 3.05) is 56.2 Å². The maximum Gasteiger partial charge on any atom is 0.257 e. The number of anilines is 2. The van der Waals surface area contributed by atoms with E-state index in [0.717, 1.165) is 48.0 Å². The molecule has 40 heavy (non-hydrogen) atoms. The Kier molecular flexibility index (Phi) is 9.89. The molecule has 220 valence electrons. The number of hydrogen-bond donors (Lipinski definition) is 3. The average Bonchev–Trinajstić information content (AvgIpc) is 2.90. The molecule has 3 N–H and O–H groups in total. The molecule has 0 atom stereocenters. The first-order chi connectivity index (χ1) is 19.0. The van der Waals surface area contributed by atoms with Crippen molar-refractivity contribution in [2.45, 2.75) is 43.5 Å². The number of benzene rings is 2. The van der Waals surface area contributed by atoms with Gasteiger partial charge in [-0.15, -0.1) is 0 Å². The summed E-state index contributed by atoms with van der Waals surface area (Å²) in [5.74, 6) is 0.907. The smallest absolute Gasteiger partial charge is 0.257 e. The summed E-state index contributed by atoms with van der Waals surface area (Å²) in [6, 6.07) is 11.2. The van der Waals surface area contributed by atoms with Gasteiger partial charge in [0.15, 0.2) is 0 Å². The number of nitrogens with one attached hydrogen (secondary N) is 3. The van der Waals surface area contributed by atoms with Crippen molar-refractivity contribution in [3.05, 3.63) is 53.6 Å². The van der Waals surface area contributed by atoms with Crippen LogP contribution in [-0.4, -0.2) is 73.6 Å². The monoisotopic (exact) mass is 591 g/mol. The van der Waals surface area contributed by atoms with Crippen LogP contribution in [0.4, 0.5) is 11.4 Å². The Labute approximate surface area is 238 Å². The van der Waals surface area contributed by atoms with Gasteiger partial charge in [0.05, 0.1) is 22.4 Å². The van der Waals surface area contributed by atoms with Crippen molar-refractivity contribution < 1.29 is 21.6 Å². The fraction of sp³-hybridized carbons (Fsp3) is 0.536. The molecule has 0 radical (unpaired) electrons. The zero-order valence-corrected chi connectivity index (χ0v) is 25.2. The first-order valence-electron chi connectivity index (χ1n) is 13.8. The summed E-state index contributed by atoms with van der Waals surface area (Å²) in [7, 11) is -3.95. The standard InChI is InChI=1S/C28H41N5O5S2/c1-29-15-16-30-20-21-7-12-27(32(2)39(3,35)36)26(19-21)28(34)31-24-8-10-25(11-9-24)40(37,38)33-17-13-23(14-18-33)22-5-4-6-22/h7-12,19,22-23,29-30H,4-6,13-18,20H2,1-3H3,(H,31,34). The van der Waals surface area contributed by atoms with Gasteiger partial charge >= 0.3 is 0 Å². The normalized spacial score (nSPS) is 17.4. The molecular weight excluding hydrogens is 550 g/mol. The number of piperidine rings is 1. The average molecular weight is 592 g/mol. The largest absolute Gasteiger partial charge is 0.322 e. The molecule has 1 heterocycles. The van der Waals surface area contributed by atoms with Crippen molar-refractivity contribution in [2.24, 2.45) is 11.8 Å². The van der Waals surface area contributed by atoms with Crippen LogP contribution in [0.2, 0.25) is 0 Å². The van der Waals surface area contributed by atoms with Crippen LogP contribution in [0.3, 0.4) is 0 Å². The third-order valence-electron chi connectivity index (χ3n) is 8.09. The minimum atomic E-state index is -3.61. The van der Waals surface area contributed by atoms with Gasteiger partial charge in [-0.2, -0.15) is 4.31 Å². The minimum Gasteiger partial charge on any atom is -0.322 e. The first-order valence-corrected chi connectivity index (χ1v) is 17.1. The molecule has 2 aliphatic rings. The van der Waals surface area contributed by atoms with E-state index in [1.54, 1.807) is 34.6 Å². The van der Waals surface area contributed by atoms with Gasteiger partial charge in [0.1, 0.15) is 0 Å². The zero-order valence-electron chi connectivity index (χ0n) is 23.5. The lowest BCUT2D eigenvalue weighted by molar-refractivity contribution is 0.102. The van der Waals surface area contributed by atoms with Crippen LogP contribution in [0.1, 0.15) is 48.0 Å². The highest BCUT2D eigenvalue weighted by Gasteiger charge is 2.34. The molecule has 0 bridgehead atoms. The predicted molar refractivity (Wildman–Crippen MR) is 159 cm³/mol. The summed E-state index contributed by atoms with van der Waals surface area (Å²) in [5.41, 5.74) is 1.70. The Morgan fingerprint density at radius 3 is 2.17 bits per heavy atom. The lowest BCUT2D eigenvalue weighted by Gasteiger charge is -2.39. The van der Waals surface area contributed by atoms with Crippen LogP contribution >= 0.6 is 0 Å². The lowest BCUT2D eigenvalue weighted by Crippen LogP contribution is -2.41. The van der Waals surface area contributed by atoms with E-state index in [1.807, 2.05) is 7.05 Å². The third-order valence-corrected chi connectivity index (χ3v) is 11.2. The summed E-state index contributed by atoms with van der Waals surface area (Å²) >= 11 is 0. The first kappa shape index (κ1) is 30.4. The molecule has 2 aromatic carbocycles. The Bertz CT molecular complexity index is 1380.